The van der Waals surface area contributed by atoms with Gasteiger partial charge in [0, 0.05) is 6.92 Å². The average molecular weight is 265 g/mol. The largest absolute Gasteiger partial charge is 0.422 e. The maximum absolute atomic E-state index is 11.3. The molecule has 8 heteroatoms. The number of rotatable bonds is 4. The number of aromatic nitrogens is 3. The average Bonchev–Trinajstić information content (AvgIpc) is 2.64. The van der Waals surface area contributed by atoms with Crippen LogP contribution in [0.1, 0.15) is 18.6 Å². The van der Waals surface area contributed by atoms with Crippen LogP contribution < -0.4 is 11.1 Å². The molecule has 8 nitrogen and oxygen atoms in total. The van der Waals surface area contributed by atoms with Crippen LogP contribution in [0.3, 0.4) is 0 Å². The third kappa shape index (κ3) is 2.63. The second-order valence-corrected chi connectivity index (χ2v) is 4.27. The molecule has 102 valence electrons. The molecule has 0 aliphatic heterocycles. The molecule has 1 amide bonds. The number of oxazole rings is 1. The fourth-order valence-corrected chi connectivity index (χ4v) is 1.71. The zero-order valence-corrected chi connectivity index (χ0v) is 10.8. The van der Waals surface area contributed by atoms with Gasteiger partial charge in [-0.3, -0.25) is 4.79 Å². The molecule has 4 N–H and O–H groups in total. The Bertz CT molecular complexity index is 622. The van der Waals surface area contributed by atoms with Gasteiger partial charge in [0.25, 0.3) is 5.71 Å². The molecule has 0 aromatic carbocycles. The predicted octanol–water partition coefficient (Wildman–Crippen LogP) is -0.119. The lowest BCUT2D eigenvalue weighted by molar-refractivity contribution is -0.120. The first kappa shape index (κ1) is 13.2. The van der Waals surface area contributed by atoms with E-state index in [2.05, 4.69) is 20.3 Å². The number of hydrogen-bond acceptors (Lipinski definition) is 7. The second kappa shape index (κ2) is 4.81. The number of primary amides is 1. The summed E-state index contributed by atoms with van der Waals surface area (Å²) in [7, 11) is 0. The summed E-state index contributed by atoms with van der Waals surface area (Å²) >= 11 is 0. The van der Waals surface area contributed by atoms with Crippen molar-refractivity contribution in [2.45, 2.75) is 32.9 Å². The summed E-state index contributed by atoms with van der Waals surface area (Å²) in [5.74, 6) is 0.522. The molecular weight excluding hydrogens is 250 g/mol. The maximum Gasteiger partial charge on any atom is 0.252 e. The highest BCUT2D eigenvalue weighted by Crippen LogP contribution is 2.21. The minimum absolute atomic E-state index is 0.309. The number of hydrogen-bond donors (Lipinski definition) is 3. The summed E-state index contributed by atoms with van der Waals surface area (Å²) in [5, 5.41) is 12.3. The Hall–Kier alpha value is -2.22. The lowest BCUT2D eigenvalue weighted by Crippen LogP contribution is -2.43. The summed E-state index contributed by atoms with van der Waals surface area (Å²) in [5.41, 5.74) is 5.94. The monoisotopic (exact) mass is 265 g/mol. The van der Waals surface area contributed by atoms with Crippen molar-refractivity contribution >= 4 is 23.0 Å². The van der Waals surface area contributed by atoms with Gasteiger partial charge >= 0.3 is 0 Å². The SMILES string of the molecule is Cc1nc(N[C@H](C(N)=O)[C@@H](C)O)c2nc(C)oc2n1. The number of nitrogens with two attached hydrogens (primary N) is 1. The topological polar surface area (TPSA) is 127 Å². The summed E-state index contributed by atoms with van der Waals surface area (Å²) in [6, 6.07) is -0.963. The predicted molar refractivity (Wildman–Crippen MR) is 67.4 cm³/mol. The Labute approximate surface area is 109 Å². The highest BCUT2D eigenvalue weighted by molar-refractivity contribution is 5.87. The van der Waals surface area contributed by atoms with Gasteiger partial charge < -0.3 is 20.6 Å². The lowest BCUT2D eigenvalue weighted by Gasteiger charge is -2.18. The minimum atomic E-state index is -0.963. The molecule has 2 rings (SSSR count). The van der Waals surface area contributed by atoms with Gasteiger partial charge in [0.15, 0.2) is 17.2 Å². The van der Waals surface area contributed by atoms with Gasteiger partial charge in [0.05, 0.1) is 6.10 Å². The summed E-state index contributed by atoms with van der Waals surface area (Å²) in [6.45, 7) is 4.83. The third-order valence-corrected chi connectivity index (χ3v) is 2.56. The standard InChI is InChI=1S/C11H15N5O3/c1-4(17)7(9(12)18)16-10-8-11(14-5(2)13-10)19-6(3)15-8/h4,7,17H,1-3H3,(H2,12,18)(H,13,14,16)/t4-,7+/m1/s1. The quantitative estimate of drug-likeness (QED) is 0.703. The highest BCUT2D eigenvalue weighted by atomic mass is 16.4. The van der Waals surface area contributed by atoms with Gasteiger partial charge in [-0.25, -0.2) is 9.97 Å². The molecular formula is C11H15N5O3. The fraction of sp³-hybridized carbons (Fsp3) is 0.455. The van der Waals surface area contributed by atoms with Crippen molar-refractivity contribution in [3.8, 4) is 0 Å². The van der Waals surface area contributed by atoms with E-state index in [9.17, 15) is 9.90 Å². The zero-order chi connectivity index (χ0) is 14.2. The molecule has 0 radical (unpaired) electrons. The van der Waals surface area contributed by atoms with Gasteiger partial charge in [-0.1, -0.05) is 0 Å². The van der Waals surface area contributed by atoms with Crippen LogP contribution in [0, 0.1) is 13.8 Å². The van der Waals surface area contributed by atoms with Crippen LogP contribution in [0.2, 0.25) is 0 Å². The van der Waals surface area contributed by atoms with E-state index in [1.807, 2.05) is 0 Å². The molecule has 2 atom stereocenters. The van der Waals surface area contributed by atoms with Gasteiger partial charge in [0.2, 0.25) is 5.91 Å². The lowest BCUT2D eigenvalue weighted by atomic mass is 10.1. The number of nitrogens with zero attached hydrogens (tertiary/aromatic N) is 3. The highest BCUT2D eigenvalue weighted by Gasteiger charge is 2.23. The first-order valence-electron chi connectivity index (χ1n) is 5.74. The van der Waals surface area contributed by atoms with Crippen molar-refractivity contribution in [3.63, 3.8) is 0 Å². The Morgan fingerprint density at radius 1 is 1.37 bits per heavy atom. The number of aryl methyl sites for hydroxylation is 2. The van der Waals surface area contributed by atoms with E-state index in [1.165, 1.54) is 6.92 Å². The van der Waals surface area contributed by atoms with Crippen molar-refractivity contribution in [1.82, 2.24) is 15.0 Å². The second-order valence-electron chi connectivity index (χ2n) is 4.27. The van der Waals surface area contributed by atoms with E-state index in [0.29, 0.717) is 28.8 Å². The number of nitrogens with one attached hydrogen (secondary N) is 1. The van der Waals surface area contributed by atoms with Crippen LogP contribution in [-0.4, -0.2) is 38.1 Å². The van der Waals surface area contributed by atoms with Crippen molar-refractivity contribution < 1.29 is 14.3 Å². The van der Waals surface area contributed by atoms with Crippen LogP contribution in [0.4, 0.5) is 5.82 Å². The van der Waals surface area contributed by atoms with Crippen molar-refractivity contribution in [3.05, 3.63) is 11.7 Å². The van der Waals surface area contributed by atoms with Gasteiger partial charge in [-0.05, 0) is 13.8 Å². The molecule has 0 aliphatic carbocycles. The van der Waals surface area contributed by atoms with Crippen LogP contribution in [0.15, 0.2) is 4.42 Å². The molecule has 0 spiro atoms. The van der Waals surface area contributed by atoms with Gasteiger partial charge in [0.1, 0.15) is 11.9 Å². The molecule has 2 heterocycles. The smallest absolute Gasteiger partial charge is 0.252 e. The van der Waals surface area contributed by atoms with Crippen LogP contribution in [-0.2, 0) is 4.79 Å². The van der Waals surface area contributed by atoms with Gasteiger partial charge in [-0.2, -0.15) is 4.98 Å². The maximum atomic E-state index is 11.3. The number of carbonyl (C=O) groups is 1. The van der Waals surface area contributed by atoms with Crippen molar-refractivity contribution in [2.75, 3.05) is 5.32 Å². The fourth-order valence-electron chi connectivity index (χ4n) is 1.71. The molecule has 0 aliphatic rings. The van der Waals surface area contributed by atoms with E-state index in [4.69, 9.17) is 10.2 Å². The Morgan fingerprint density at radius 3 is 2.63 bits per heavy atom. The minimum Gasteiger partial charge on any atom is -0.422 e. The molecule has 2 aromatic heterocycles. The number of carbonyl (C=O) groups excluding carboxylic acids is 1. The van der Waals surface area contributed by atoms with E-state index in [1.54, 1.807) is 13.8 Å². The van der Waals surface area contributed by atoms with E-state index in [0.717, 1.165) is 0 Å². The molecule has 0 saturated heterocycles. The van der Waals surface area contributed by atoms with E-state index >= 15 is 0 Å². The third-order valence-electron chi connectivity index (χ3n) is 2.56. The normalized spacial score (nSPS) is 14.3. The Balaban J connectivity index is 2.46. The van der Waals surface area contributed by atoms with Crippen molar-refractivity contribution in [2.24, 2.45) is 5.73 Å². The van der Waals surface area contributed by atoms with Crippen molar-refractivity contribution in [1.29, 1.82) is 0 Å². The summed E-state index contributed by atoms with van der Waals surface area (Å²) in [6.07, 6.45) is -0.962. The molecule has 0 unspecified atom stereocenters. The first-order chi connectivity index (χ1) is 8.88. The number of aliphatic hydroxyl groups excluding tert-OH is 1. The van der Waals surface area contributed by atoms with Crippen LogP contribution >= 0.6 is 0 Å². The number of amides is 1. The van der Waals surface area contributed by atoms with Crippen LogP contribution in [0.5, 0.6) is 0 Å². The molecule has 0 saturated carbocycles. The van der Waals surface area contributed by atoms with Crippen LogP contribution in [0.25, 0.3) is 11.2 Å². The number of anilines is 1. The summed E-state index contributed by atoms with van der Waals surface area (Å²) < 4.78 is 5.31. The first-order valence-corrected chi connectivity index (χ1v) is 5.74. The molecule has 0 bridgehead atoms. The summed E-state index contributed by atoms with van der Waals surface area (Å²) in [4.78, 5) is 23.7. The number of fused-ring (bicyclic) bond motifs is 1. The van der Waals surface area contributed by atoms with E-state index in [-0.39, 0.29) is 0 Å². The van der Waals surface area contributed by atoms with Gasteiger partial charge in [-0.15, -0.1) is 0 Å². The number of aliphatic hydroxyl groups is 1. The van der Waals surface area contributed by atoms with E-state index < -0.39 is 18.1 Å². The molecule has 2 aromatic rings. The Kier molecular flexibility index (Phi) is 3.34. The molecule has 0 fully saturated rings. The Morgan fingerprint density at radius 2 is 2.05 bits per heavy atom. The molecule has 19 heavy (non-hydrogen) atoms. The zero-order valence-electron chi connectivity index (χ0n) is 10.8.